The van der Waals surface area contributed by atoms with Gasteiger partial charge in [0, 0.05) is 17.2 Å². The summed E-state index contributed by atoms with van der Waals surface area (Å²) in [4.78, 5) is 0. The van der Waals surface area contributed by atoms with E-state index >= 15 is 0 Å². The standard InChI is InChI=1S/C11H22ClNO2S/c1-2-16(14,15)9-5-8-13-11-7-4-3-6-10(11)12/h10-11,13H,2-9H2,1H3. The zero-order chi connectivity index (χ0) is 12.0. The van der Waals surface area contributed by atoms with Gasteiger partial charge in [0.2, 0.25) is 0 Å². The van der Waals surface area contributed by atoms with E-state index < -0.39 is 9.84 Å². The minimum absolute atomic E-state index is 0.219. The third kappa shape index (κ3) is 5.02. The first kappa shape index (κ1) is 14.3. The van der Waals surface area contributed by atoms with Crippen LogP contribution in [0.15, 0.2) is 0 Å². The molecule has 1 aliphatic rings. The van der Waals surface area contributed by atoms with Gasteiger partial charge in [0.15, 0.2) is 0 Å². The first-order valence-electron chi connectivity index (χ1n) is 6.13. The molecule has 0 saturated heterocycles. The van der Waals surface area contributed by atoms with Gasteiger partial charge in [0.1, 0.15) is 9.84 Å². The molecule has 0 heterocycles. The van der Waals surface area contributed by atoms with E-state index in [1.165, 1.54) is 12.8 Å². The second-order valence-corrected chi connectivity index (χ2v) is 7.48. The second kappa shape index (κ2) is 6.82. The van der Waals surface area contributed by atoms with Crippen LogP contribution < -0.4 is 5.32 Å². The number of nitrogens with one attached hydrogen (secondary N) is 1. The molecule has 1 aliphatic carbocycles. The van der Waals surface area contributed by atoms with Crippen molar-refractivity contribution in [3.05, 3.63) is 0 Å². The second-order valence-electron chi connectivity index (χ2n) is 4.45. The molecule has 2 unspecified atom stereocenters. The third-order valence-corrected chi connectivity index (χ3v) is 5.47. The minimum Gasteiger partial charge on any atom is -0.312 e. The maximum atomic E-state index is 11.3. The van der Waals surface area contributed by atoms with Crippen LogP contribution in [0, 0.1) is 0 Å². The fourth-order valence-electron chi connectivity index (χ4n) is 2.04. The molecule has 3 nitrogen and oxygen atoms in total. The molecule has 0 amide bonds. The van der Waals surface area contributed by atoms with Gasteiger partial charge in [-0.15, -0.1) is 11.6 Å². The predicted octanol–water partition coefficient (Wildman–Crippen LogP) is 1.95. The lowest BCUT2D eigenvalue weighted by atomic mass is 9.95. The Morgan fingerprint density at radius 3 is 2.62 bits per heavy atom. The highest BCUT2D eigenvalue weighted by Gasteiger charge is 2.22. The summed E-state index contributed by atoms with van der Waals surface area (Å²) in [6, 6.07) is 0.375. The molecule has 5 heteroatoms. The quantitative estimate of drug-likeness (QED) is 0.591. The van der Waals surface area contributed by atoms with Gasteiger partial charge in [0.05, 0.1) is 5.75 Å². The molecule has 2 atom stereocenters. The van der Waals surface area contributed by atoms with Crippen LogP contribution in [0.3, 0.4) is 0 Å². The highest BCUT2D eigenvalue weighted by Crippen LogP contribution is 2.22. The molecule has 16 heavy (non-hydrogen) atoms. The molecule has 1 saturated carbocycles. The monoisotopic (exact) mass is 267 g/mol. The average Bonchev–Trinajstić information content (AvgIpc) is 2.27. The summed E-state index contributed by atoms with van der Waals surface area (Å²) in [5, 5.41) is 3.59. The van der Waals surface area contributed by atoms with Crippen LogP contribution in [-0.4, -0.2) is 37.9 Å². The first-order chi connectivity index (χ1) is 7.55. The van der Waals surface area contributed by atoms with Gasteiger partial charge in [-0.25, -0.2) is 8.42 Å². The van der Waals surface area contributed by atoms with Gasteiger partial charge in [0.25, 0.3) is 0 Å². The van der Waals surface area contributed by atoms with Gasteiger partial charge in [-0.1, -0.05) is 19.8 Å². The van der Waals surface area contributed by atoms with Crippen molar-refractivity contribution in [2.75, 3.05) is 18.1 Å². The Morgan fingerprint density at radius 2 is 2.00 bits per heavy atom. The molecule has 1 N–H and O–H groups in total. The maximum Gasteiger partial charge on any atom is 0.150 e. The lowest BCUT2D eigenvalue weighted by molar-refractivity contribution is 0.380. The SMILES string of the molecule is CCS(=O)(=O)CCCNC1CCCCC1Cl. The fraction of sp³-hybridized carbons (Fsp3) is 1.00. The lowest BCUT2D eigenvalue weighted by Gasteiger charge is -2.27. The van der Waals surface area contributed by atoms with E-state index in [4.69, 9.17) is 11.6 Å². The number of hydrogen-bond acceptors (Lipinski definition) is 3. The van der Waals surface area contributed by atoms with Crippen LogP contribution >= 0.6 is 11.6 Å². The van der Waals surface area contributed by atoms with E-state index in [1.807, 2.05) is 0 Å². The Morgan fingerprint density at radius 1 is 1.31 bits per heavy atom. The van der Waals surface area contributed by atoms with Crippen molar-refractivity contribution in [1.82, 2.24) is 5.32 Å². The van der Waals surface area contributed by atoms with Crippen LogP contribution in [0.1, 0.15) is 39.0 Å². The molecule has 0 aromatic heterocycles. The van der Waals surface area contributed by atoms with Crippen molar-refractivity contribution in [1.29, 1.82) is 0 Å². The predicted molar refractivity (Wildman–Crippen MR) is 68.8 cm³/mol. The van der Waals surface area contributed by atoms with Crippen LogP contribution in [0.2, 0.25) is 0 Å². The Balaban J connectivity index is 2.15. The maximum absolute atomic E-state index is 11.3. The molecule has 0 radical (unpaired) electrons. The van der Waals surface area contributed by atoms with Crippen LogP contribution in [0.4, 0.5) is 0 Å². The van der Waals surface area contributed by atoms with Gasteiger partial charge in [-0.3, -0.25) is 0 Å². The van der Waals surface area contributed by atoms with E-state index in [1.54, 1.807) is 6.92 Å². The molecule has 0 aromatic carbocycles. The van der Waals surface area contributed by atoms with Crippen LogP contribution in [-0.2, 0) is 9.84 Å². The molecular formula is C11H22ClNO2S. The van der Waals surface area contributed by atoms with E-state index in [-0.39, 0.29) is 16.9 Å². The van der Waals surface area contributed by atoms with Gasteiger partial charge >= 0.3 is 0 Å². The molecular weight excluding hydrogens is 246 g/mol. The van der Waals surface area contributed by atoms with Gasteiger partial charge in [-0.05, 0) is 25.8 Å². The summed E-state index contributed by atoms with van der Waals surface area (Å²) in [5.74, 6) is 0.532. The number of hydrogen-bond donors (Lipinski definition) is 1. The van der Waals surface area contributed by atoms with Crippen molar-refractivity contribution in [3.63, 3.8) is 0 Å². The molecule has 96 valence electrons. The highest BCUT2D eigenvalue weighted by molar-refractivity contribution is 7.91. The van der Waals surface area contributed by atoms with Crippen LogP contribution in [0.5, 0.6) is 0 Å². The smallest absolute Gasteiger partial charge is 0.150 e. The van der Waals surface area contributed by atoms with Gasteiger partial charge < -0.3 is 5.32 Å². The third-order valence-electron chi connectivity index (χ3n) is 3.16. The van der Waals surface area contributed by atoms with E-state index in [0.29, 0.717) is 12.5 Å². The molecule has 0 bridgehead atoms. The zero-order valence-electron chi connectivity index (χ0n) is 9.91. The Labute approximate surface area is 104 Å². The average molecular weight is 268 g/mol. The van der Waals surface area contributed by atoms with Gasteiger partial charge in [-0.2, -0.15) is 0 Å². The Bertz CT molecular complexity index is 292. The van der Waals surface area contributed by atoms with Crippen molar-refractivity contribution < 1.29 is 8.42 Å². The lowest BCUT2D eigenvalue weighted by Crippen LogP contribution is -2.40. The first-order valence-corrected chi connectivity index (χ1v) is 8.39. The van der Waals surface area contributed by atoms with E-state index in [2.05, 4.69) is 5.32 Å². The van der Waals surface area contributed by atoms with E-state index in [9.17, 15) is 8.42 Å². The number of rotatable bonds is 6. The molecule has 1 fully saturated rings. The Kier molecular flexibility index (Phi) is 6.08. The zero-order valence-corrected chi connectivity index (χ0v) is 11.5. The fourth-order valence-corrected chi connectivity index (χ4v) is 3.28. The number of sulfone groups is 1. The molecule has 1 rings (SSSR count). The summed E-state index contributed by atoms with van der Waals surface area (Å²) >= 11 is 6.20. The topological polar surface area (TPSA) is 46.2 Å². The summed E-state index contributed by atoms with van der Waals surface area (Å²) in [6.07, 6.45) is 5.34. The molecule has 0 aromatic rings. The number of halogens is 1. The number of alkyl halides is 1. The van der Waals surface area contributed by atoms with Crippen molar-refractivity contribution in [3.8, 4) is 0 Å². The van der Waals surface area contributed by atoms with Crippen molar-refractivity contribution in [2.45, 2.75) is 50.4 Å². The summed E-state index contributed by atoms with van der Waals surface area (Å²) in [7, 11) is -2.81. The van der Waals surface area contributed by atoms with Crippen molar-refractivity contribution in [2.24, 2.45) is 0 Å². The Hall–Kier alpha value is 0.200. The van der Waals surface area contributed by atoms with Crippen LogP contribution in [0.25, 0.3) is 0 Å². The summed E-state index contributed by atoms with van der Waals surface area (Å²) in [6.45, 7) is 2.45. The molecule has 0 spiro atoms. The summed E-state index contributed by atoms with van der Waals surface area (Å²) < 4.78 is 22.5. The minimum atomic E-state index is -2.81. The normalized spacial score (nSPS) is 26.9. The summed E-state index contributed by atoms with van der Waals surface area (Å²) in [5.41, 5.74) is 0. The highest BCUT2D eigenvalue weighted by atomic mass is 35.5. The van der Waals surface area contributed by atoms with Crippen molar-refractivity contribution >= 4 is 21.4 Å². The largest absolute Gasteiger partial charge is 0.312 e. The molecule has 0 aliphatic heterocycles. The van der Waals surface area contributed by atoms with E-state index in [0.717, 1.165) is 19.4 Å².